The molecule has 2 amide bonds. The fourth-order valence-electron chi connectivity index (χ4n) is 2.98. The second-order valence-corrected chi connectivity index (χ2v) is 7.74. The summed E-state index contributed by atoms with van der Waals surface area (Å²) in [5.74, 6) is -3.35. The van der Waals surface area contributed by atoms with E-state index in [1.807, 2.05) is 0 Å². The van der Waals surface area contributed by atoms with Gasteiger partial charge in [-0.05, 0) is 62.4 Å². The summed E-state index contributed by atoms with van der Waals surface area (Å²) in [4.78, 5) is 71.0. The van der Waals surface area contributed by atoms with Gasteiger partial charge in [-0.3, -0.25) is 19.2 Å². The van der Waals surface area contributed by atoms with Gasteiger partial charge in [0.05, 0.1) is 0 Å². The molecule has 0 radical (unpaired) electrons. The third kappa shape index (κ3) is 8.64. The first-order valence-electron chi connectivity index (χ1n) is 10.9. The fraction of sp³-hybridized carbons (Fsp3) is 0.231. The predicted octanol–water partition coefficient (Wildman–Crippen LogP) is 3.09. The molecule has 0 saturated carbocycles. The smallest absolute Gasteiger partial charge is 0.331 e. The van der Waals surface area contributed by atoms with Crippen LogP contribution in [-0.2, 0) is 28.7 Å². The minimum absolute atomic E-state index is 0.252. The lowest BCUT2D eigenvalue weighted by atomic mass is 10.1. The lowest BCUT2D eigenvalue weighted by Crippen LogP contribution is -2.24. The van der Waals surface area contributed by atoms with Gasteiger partial charge in [0.25, 0.3) is 0 Å². The summed E-state index contributed by atoms with van der Waals surface area (Å²) >= 11 is 0. The van der Waals surface area contributed by atoms with E-state index in [2.05, 4.69) is 10.6 Å². The minimum Gasteiger partial charge on any atom is -0.451 e. The first-order chi connectivity index (χ1) is 17.0. The van der Waals surface area contributed by atoms with Crippen molar-refractivity contribution >= 4 is 46.7 Å². The maximum Gasteiger partial charge on any atom is 0.331 e. The zero-order valence-electron chi connectivity index (χ0n) is 20.2. The summed E-state index contributed by atoms with van der Waals surface area (Å²) in [7, 11) is 0. The van der Waals surface area contributed by atoms with Gasteiger partial charge in [0.1, 0.15) is 0 Å². The van der Waals surface area contributed by atoms with Crippen LogP contribution in [0.3, 0.4) is 0 Å². The third-order valence-electron chi connectivity index (χ3n) is 4.66. The number of benzene rings is 2. The molecule has 0 spiro atoms. The molecule has 2 rings (SSSR count). The van der Waals surface area contributed by atoms with Gasteiger partial charge in [-0.15, -0.1) is 0 Å². The second kappa shape index (κ2) is 12.7. The summed E-state index contributed by atoms with van der Waals surface area (Å²) in [6, 6.07) is 12.1. The van der Waals surface area contributed by atoms with Crippen molar-refractivity contribution in [3.8, 4) is 0 Å². The standard InChI is InChI=1S/C26H26N2O8/c1-15(25(33)19-5-9-21(10-6-19)27-17(3)29)35-23(31)13-14-24(32)36-16(2)26(34)20-7-11-22(12-8-20)28-18(4)30/h5-16H,1-4H3,(H,27,29)(H,28,30)/b14-13+/t15-,16+. The molecule has 0 bridgehead atoms. The molecular formula is C26H26N2O8. The Balaban J connectivity index is 1.86. The molecule has 188 valence electrons. The number of carbonyl (C=O) groups excluding carboxylic acids is 6. The summed E-state index contributed by atoms with van der Waals surface area (Å²) in [5, 5.41) is 5.15. The molecule has 0 heterocycles. The normalized spacial score (nSPS) is 12.2. The molecule has 2 atom stereocenters. The summed E-state index contributed by atoms with van der Waals surface area (Å²) < 4.78 is 10.0. The zero-order chi connectivity index (χ0) is 26.8. The first kappa shape index (κ1) is 27.6. The van der Waals surface area contributed by atoms with E-state index < -0.39 is 35.7 Å². The average Bonchev–Trinajstić information content (AvgIpc) is 2.82. The van der Waals surface area contributed by atoms with Crippen LogP contribution in [0, 0.1) is 0 Å². The van der Waals surface area contributed by atoms with Crippen LogP contribution in [0.4, 0.5) is 11.4 Å². The zero-order valence-corrected chi connectivity index (χ0v) is 20.2. The van der Waals surface area contributed by atoms with E-state index in [0.29, 0.717) is 11.4 Å². The highest BCUT2D eigenvalue weighted by atomic mass is 16.6. The van der Waals surface area contributed by atoms with Crippen LogP contribution in [0.5, 0.6) is 0 Å². The van der Waals surface area contributed by atoms with Crippen molar-refractivity contribution in [1.82, 2.24) is 0 Å². The molecule has 0 unspecified atom stereocenters. The van der Waals surface area contributed by atoms with Crippen LogP contribution in [0.25, 0.3) is 0 Å². The maximum atomic E-state index is 12.4. The van der Waals surface area contributed by atoms with Gasteiger partial charge in [-0.1, -0.05) is 0 Å². The Kier molecular flexibility index (Phi) is 9.79. The van der Waals surface area contributed by atoms with Crippen LogP contribution in [0.15, 0.2) is 60.7 Å². The molecule has 2 aromatic carbocycles. The van der Waals surface area contributed by atoms with E-state index in [4.69, 9.17) is 9.47 Å². The minimum atomic E-state index is -1.13. The van der Waals surface area contributed by atoms with E-state index in [1.165, 1.54) is 52.0 Å². The van der Waals surface area contributed by atoms with Gasteiger partial charge < -0.3 is 20.1 Å². The van der Waals surface area contributed by atoms with Gasteiger partial charge in [0.2, 0.25) is 23.4 Å². The van der Waals surface area contributed by atoms with E-state index in [0.717, 1.165) is 12.2 Å². The van der Waals surface area contributed by atoms with E-state index >= 15 is 0 Å². The molecule has 0 aromatic heterocycles. The second-order valence-electron chi connectivity index (χ2n) is 7.74. The number of Topliss-reactive ketones (excluding diaryl/α,β-unsaturated/α-hetero) is 2. The van der Waals surface area contributed by atoms with Crippen LogP contribution >= 0.6 is 0 Å². The summed E-state index contributed by atoms with van der Waals surface area (Å²) in [6.45, 7) is 5.48. The molecule has 2 N–H and O–H groups in total. The van der Waals surface area contributed by atoms with Crippen molar-refractivity contribution in [3.63, 3.8) is 0 Å². The Labute approximate surface area is 207 Å². The van der Waals surface area contributed by atoms with Crippen LogP contribution in [0.1, 0.15) is 48.4 Å². The van der Waals surface area contributed by atoms with Crippen molar-refractivity contribution < 1.29 is 38.2 Å². The van der Waals surface area contributed by atoms with Crippen molar-refractivity contribution in [3.05, 3.63) is 71.8 Å². The largest absolute Gasteiger partial charge is 0.451 e. The van der Waals surface area contributed by atoms with Crippen LogP contribution in [0.2, 0.25) is 0 Å². The number of nitrogens with one attached hydrogen (secondary N) is 2. The molecule has 10 heteroatoms. The summed E-state index contributed by atoms with van der Waals surface area (Å²) in [6.07, 6.45) is -0.673. The molecule has 2 aromatic rings. The number of carbonyl (C=O) groups is 6. The Hall–Kier alpha value is -4.60. The number of hydrogen-bond donors (Lipinski definition) is 2. The van der Waals surface area contributed by atoms with Gasteiger partial charge in [-0.2, -0.15) is 0 Å². The van der Waals surface area contributed by atoms with Crippen molar-refractivity contribution in [2.24, 2.45) is 0 Å². The Morgan fingerprint density at radius 3 is 1.19 bits per heavy atom. The molecule has 0 aliphatic rings. The molecule has 0 aliphatic carbocycles. The Morgan fingerprint density at radius 2 is 0.917 bits per heavy atom. The number of amides is 2. The Morgan fingerprint density at radius 1 is 0.611 bits per heavy atom. The highest BCUT2D eigenvalue weighted by molar-refractivity contribution is 6.03. The van der Waals surface area contributed by atoms with Gasteiger partial charge in [-0.25, -0.2) is 9.59 Å². The molecule has 0 fully saturated rings. The SMILES string of the molecule is CC(=O)Nc1ccc(C(=O)[C@H](C)OC(=O)/C=C/C(=O)O[C@H](C)C(=O)c2ccc(NC(C)=O)cc2)cc1. The third-order valence-corrected chi connectivity index (χ3v) is 4.66. The van der Waals surface area contributed by atoms with Crippen LogP contribution in [-0.4, -0.2) is 47.5 Å². The molecule has 0 aliphatic heterocycles. The van der Waals surface area contributed by atoms with Crippen molar-refractivity contribution in [2.75, 3.05) is 10.6 Å². The van der Waals surface area contributed by atoms with Crippen molar-refractivity contribution in [1.29, 1.82) is 0 Å². The van der Waals surface area contributed by atoms with Crippen LogP contribution < -0.4 is 10.6 Å². The maximum absolute atomic E-state index is 12.4. The molecular weight excluding hydrogens is 468 g/mol. The van der Waals surface area contributed by atoms with Gasteiger partial charge in [0, 0.05) is 48.5 Å². The number of ketones is 2. The lowest BCUT2D eigenvalue weighted by Gasteiger charge is -2.12. The highest BCUT2D eigenvalue weighted by Crippen LogP contribution is 2.14. The molecule has 36 heavy (non-hydrogen) atoms. The fourth-order valence-corrected chi connectivity index (χ4v) is 2.98. The molecule has 10 nitrogen and oxygen atoms in total. The lowest BCUT2D eigenvalue weighted by molar-refractivity contribution is -0.143. The topological polar surface area (TPSA) is 145 Å². The monoisotopic (exact) mass is 494 g/mol. The van der Waals surface area contributed by atoms with Gasteiger partial charge in [0.15, 0.2) is 12.2 Å². The number of esters is 2. The van der Waals surface area contributed by atoms with Gasteiger partial charge >= 0.3 is 11.9 Å². The number of anilines is 2. The molecule has 0 saturated heterocycles. The Bertz CT molecular complexity index is 1090. The summed E-state index contributed by atoms with van der Waals surface area (Å²) in [5.41, 5.74) is 1.56. The van der Waals surface area contributed by atoms with E-state index in [1.54, 1.807) is 24.3 Å². The van der Waals surface area contributed by atoms with Crippen molar-refractivity contribution in [2.45, 2.75) is 39.9 Å². The van der Waals surface area contributed by atoms with E-state index in [9.17, 15) is 28.8 Å². The number of ether oxygens (including phenoxy) is 2. The number of hydrogen-bond acceptors (Lipinski definition) is 8. The highest BCUT2D eigenvalue weighted by Gasteiger charge is 2.20. The number of rotatable bonds is 10. The van der Waals surface area contributed by atoms with E-state index in [-0.39, 0.29) is 22.9 Å². The quantitative estimate of drug-likeness (QED) is 0.291. The predicted molar refractivity (Wildman–Crippen MR) is 130 cm³/mol. The average molecular weight is 495 g/mol. The first-order valence-corrected chi connectivity index (χ1v) is 10.9.